The first kappa shape index (κ1) is 17.9. The monoisotopic (exact) mass is 375 g/mol. The van der Waals surface area contributed by atoms with Crippen molar-refractivity contribution in [1.82, 2.24) is 24.6 Å². The summed E-state index contributed by atoms with van der Waals surface area (Å²) in [5.74, 6) is -0.157. The van der Waals surface area contributed by atoms with E-state index in [0.29, 0.717) is 43.1 Å². The first-order chi connectivity index (χ1) is 13.6. The minimum Gasteiger partial charge on any atom is -0.335 e. The van der Waals surface area contributed by atoms with Crippen LogP contribution in [0.25, 0.3) is 11.3 Å². The fraction of sp³-hybridized carbons (Fsp3) is 0.238. The zero-order valence-electron chi connectivity index (χ0n) is 15.7. The summed E-state index contributed by atoms with van der Waals surface area (Å²) in [7, 11) is 1.81. The SMILES string of the molecule is Cn1cc(C(=O)N2CCN(C(=O)c3ccccn3)CC2)c(-c2ccccc2)n1. The van der Waals surface area contributed by atoms with Crippen molar-refractivity contribution < 1.29 is 9.59 Å². The van der Waals surface area contributed by atoms with Gasteiger partial charge in [-0.05, 0) is 12.1 Å². The van der Waals surface area contributed by atoms with E-state index in [1.807, 2.05) is 37.4 Å². The minimum absolute atomic E-state index is 0.0584. The molecule has 0 spiro atoms. The van der Waals surface area contributed by atoms with E-state index in [-0.39, 0.29) is 11.8 Å². The average Bonchev–Trinajstić information content (AvgIpc) is 3.16. The van der Waals surface area contributed by atoms with Gasteiger partial charge in [0.1, 0.15) is 11.4 Å². The molecule has 0 atom stereocenters. The van der Waals surface area contributed by atoms with Crippen molar-refractivity contribution in [2.45, 2.75) is 0 Å². The standard InChI is InChI=1S/C21H21N5O2/c1-24-15-17(19(23-24)16-7-3-2-4-8-16)20(27)25-11-13-26(14-12-25)21(28)18-9-5-6-10-22-18/h2-10,15H,11-14H2,1H3. The Labute approximate surface area is 163 Å². The number of rotatable bonds is 3. The number of carbonyl (C=O) groups excluding carboxylic acids is 2. The van der Waals surface area contributed by atoms with E-state index in [9.17, 15) is 9.59 Å². The molecule has 0 aliphatic carbocycles. The lowest BCUT2D eigenvalue weighted by Crippen LogP contribution is -2.50. The third-order valence-corrected chi connectivity index (χ3v) is 4.84. The Kier molecular flexibility index (Phi) is 4.89. The molecule has 4 rings (SSSR count). The normalized spacial score (nSPS) is 14.2. The Balaban J connectivity index is 1.47. The van der Waals surface area contributed by atoms with Crippen LogP contribution < -0.4 is 0 Å². The zero-order valence-corrected chi connectivity index (χ0v) is 15.7. The van der Waals surface area contributed by atoms with E-state index in [1.54, 1.807) is 45.1 Å². The van der Waals surface area contributed by atoms with Crippen molar-refractivity contribution in [3.8, 4) is 11.3 Å². The summed E-state index contributed by atoms with van der Waals surface area (Å²) in [6, 6.07) is 15.0. The predicted molar refractivity (Wildman–Crippen MR) is 105 cm³/mol. The van der Waals surface area contributed by atoms with Crippen molar-refractivity contribution in [1.29, 1.82) is 0 Å². The van der Waals surface area contributed by atoms with Crippen LogP contribution in [0.4, 0.5) is 0 Å². The van der Waals surface area contributed by atoms with Crippen molar-refractivity contribution in [2.24, 2.45) is 7.05 Å². The highest BCUT2D eigenvalue weighted by Crippen LogP contribution is 2.23. The molecular weight excluding hydrogens is 354 g/mol. The molecule has 7 heteroatoms. The summed E-state index contributed by atoms with van der Waals surface area (Å²) in [6.07, 6.45) is 3.37. The molecule has 28 heavy (non-hydrogen) atoms. The van der Waals surface area contributed by atoms with Crippen LogP contribution in [-0.4, -0.2) is 62.6 Å². The van der Waals surface area contributed by atoms with Gasteiger partial charge in [-0.1, -0.05) is 36.4 Å². The molecule has 1 fully saturated rings. The molecule has 0 bridgehead atoms. The second-order valence-corrected chi connectivity index (χ2v) is 6.73. The van der Waals surface area contributed by atoms with E-state index < -0.39 is 0 Å². The largest absolute Gasteiger partial charge is 0.335 e. The van der Waals surface area contributed by atoms with E-state index in [4.69, 9.17) is 0 Å². The number of hydrogen-bond acceptors (Lipinski definition) is 4. The molecule has 142 valence electrons. The minimum atomic E-state index is -0.0981. The van der Waals surface area contributed by atoms with E-state index in [1.165, 1.54) is 0 Å². The number of pyridine rings is 1. The lowest BCUT2D eigenvalue weighted by atomic mass is 10.1. The zero-order chi connectivity index (χ0) is 19.5. The van der Waals surface area contributed by atoms with Gasteiger partial charge in [-0.2, -0.15) is 5.10 Å². The molecular formula is C21H21N5O2. The molecule has 2 aromatic heterocycles. The summed E-state index contributed by atoms with van der Waals surface area (Å²) < 4.78 is 1.66. The quantitative estimate of drug-likeness (QED) is 0.703. The van der Waals surface area contributed by atoms with Crippen LogP contribution in [-0.2, 0) is 7.05 Å². The van der Waals surface area contributed by atoms with E-state index in [0.717, 1.165) is 5.56 Å². The average molecular weight is 375 g/mol. The number of hydrogen-bond donors (Lipinski definition) is 0. The van der Waals surface area contributed by atoms with Crippen LogP contribution in [0.2, 0.25) is 0 Å². The van der Waals surface area contributed by atoms with Crippen molar-refractivity contribution in [3.63, 3.8) is 0 Å². The fourth-order valence-electron chi connectivity index (χ4n) is 3.39. The van der Waals surface area contributed by atoms with E-state index >= 15 is 0 Å². The lowest BCUT2D eigenvalue weighted by molar-refractivity contribution is 0.0532. The number of piperazine rings is 1. The molecule has 3 aromatic rings. The maximum Gasteiger partial charge on any atom is 0.272 e. The van der Waals surface area contributed by atoms with Gasteiger partial charge in [-0.15, -0.1) is 0 Å². The number of aryl methyl sites for hydroxylation is 1. The lowest BCUT2D eigenvalue weighted by Gasteiger charge is -2.34. The van der Waals surface area contributed by atoms with Gasteiger partial charge in [-0.3, -0.25) is 19.3 Å². The van der Waals surface area contributed by atoms with Gasteiger partial charge in [-0.25, -0.2) is 0 Å². The number of benzene rings is 1. The third kappa shape index (κ3) is 3.51. The molecule has 7 nitrogen and oxygen atoms in total. The number of nitrogens with zero attached hydrogens (tertiary/aromatic N) is 5. The fourth-order valence-corrected chi connectivity index (χ4v) is 3.39. The van der Waals surface area contributed by atoms with Crippen LogP contribution in [0.3, 0.4) is 0 Å². The second kappa shape index (κ2) is 7.64. The molecule has 1 aliphatic rings. The molecule has 3 heterocycles. The first-order valence-electron chi connectivity index (χ1n) is 9.22. The highest BCUT2D eigenvalue weighted by atomic mass is 16.2. The highest BCUT2D eigenvalue weighted by Gasteiger charge is 2.28. The van der Waals surface area contributed by atoms with Gasteiger partial charge in [0.05, 0.1) is 5.56 Å². The van der Waals surface area contributed by atoms with Crippen LogP contribution in [0.5, 0.6) is 0 Å². The molecule has 0 radical (unpaired) electrons. The van der Waals surface area contributed by atoms with Crippen LogP contribution >= 0.6 is 0 Å². The predicted octanol–water partition coefficient (Wildman–Crippen LogP) is 2.08. The number of amides is 2. The molecule has 2 amide bonds. The number of aromatic nitrogens is 3. The van der Waals surface area contributed by atoms with E-state index in [2.05, 4.69) is 10.1 Å². The summed E-state index contributed by atoms with van der Waals surface area (Å²) >= 11 is 0. The highest BCUT2D eigenvalue weighted by molar-refractivity contribution is 6.00. The van der Waals surface area contributed by atoms with Crippen molar-refractivity contribution in [2.75, 3.05) is 26.2 Å². The van der Waals surface area contributed by atoms with Crippen molar-refractivity contribution >= 4 is 11.8 Å². The Morgan fingerprint density at radius 3 is 2.14 bits per heavy atom. The second-order valence-electron chi connectivity index (χ2n) is 6.73. The van der Waals surface area contributed by atoms with Crippen LogP contribution in [0, 0.1) is 0 Å². The summed E-state index contributed by atoms with van der Waals surface area (Å²) in [4.78, 5) is 33.3. The summed E-state index contributed by atoms with van der Waals surface area (Å²) in [6.45, 7) is 1.95. The smallest absolute Gasteiger partial charge is 0.272 e. The van der Waals surface area contributed by atoms with Crippen LogP contribution in [0.1, 0.15) is 20.8 Å². The summed E-state index contributed by atoms with van der Waals surface area (Å²) in [5, 5.41) is 4.48. The molecule has 1 aliphatic heterocycles. The Bertz CT molecular complexity index is 977. The Hall–Kier alpha value is -3.48. The van der Waals surface area contributed by atoms with Gasteiger partial charge in [0.2, 0.25) is 0 Å². The Morgan fingerprint density at radius 2 is 1.50 bits per heavy atom. The number of carbonyl (C=O) groups is 2. The van der Waals surface area contributed by atoms with Gasteiger partial charge in [0.25, 0.3) is 11.8 Å². The van der Waals surface area contributed by atoms with Crippen molar-refractivity contribution in [3.05, 3.63) is 72.2 Å². The maximum absolute atomic E-state index is 13.1. The Morgan fingerprint density at radius 1 is 0.857 bits per heavy atom. The van der Waals surface area contributed by atoms with Gasteiger partial charge in [0, 0.05) is 51.2 Å². The first-order valence-corrected chi connectivity index (χ1v) is 9.22. The van der Waals surface area contributed by atoms with Crippen LogP contribution in [0.15, 0.2) is 60.9 Å². The molecule has 0 saturated carbocycles. The maximum atomic E-state index is 13.1. The molecule has 0 N–H and O–H groups in total. The van der Waals surface area contributed by atoms with Gasteiger partial charge >= 0.3 is 0 Å². The topological polar surface area (TPSA) is 71.3 Å². The van der Waals surface area contributed by atoms with Gasteiger partial charge < -0.3 is 9.80 Å². The molecule has 1 saturated heterocycles. The third-order valence-electron chi connectivity index (χ3n) is 4.84. The van der Waals surface area contributed by atoms with Gasteiger partial charge in [0.15, 0.2) is 0 Å². The molecule has 0 unspecified atom stereocenters. The molecule has 1 aromatic carbocycles. The summed E-state index contributed by atoms with van der Waals surface area (Å²) in [5.41, 5.74) is 2.61.